The molecular formula is C18H34N4OS. The molecule has 0 fully saturated rings. The van der Waals surface area contributed by atoms with Gasteiger partial charge in [0.25, 0.3) is 0 Å². The molecule has 1 aromatic heterocycles. The van der Waals surface area contributed by atoms with E-state index < -0.39 is 0 Å². The summed E-state index contributed by atoms with van der Waals surface area (Å²) < 4.78 is 5.77. The van der Waals surface area contributed by atoms with Gasteiger partial charge in [-0.05, 0) is 32.6 Å². The Hall–Kier alpha value is -1.14. The highest BCUT2D eigenvalue weighted by molar-refractivity contribution is 7.11. The van der Waals surface area contributed by atoms with Crippen molar-refractivity contribution >= 4 is 17.3 Å². The van der Waals surface area contributed by atoms with Crippen LogP contribution in [-0.4, -0.2) is 43.8 Å². The Labute approximate surface area is 151 Å². The van der Waals surface area contributed by atoms with Gasteiger partial charge in [0, 0.05) is 38.0 Å². The van der Waals surface area contributed by atoms with E-state index in [-0.39, 0.29) is 0 Å². The van der Waals surface area contributed by atoms with E-state index in [1.54, 1.807) is 18.4 Å². The molecule has 0 aliphatic rings. The number of aryl methyl sites for hydroxylation is 2. The maximum absolute atomic E-state index is 5.77. The van der Waals surface area contributed by atoms with E-state index in [0.717, 1.165) is 44.9 Å². The van der Waals surface area contributed by atoms with E-state index in [9.17, 15) is 0 Å². The molecule has 0 aromatic carbocycles. The lowest BCUT2D eigenvalue weighted by atomic mass is 10.0. The van der Waals surface area contributed by atoms with Crippen LogP contribution in [0.25, 0.3) is 0 Å². The molecule has 24 heavy (non-hydrogen) atoms. The Morgan fingerprint density at radius 3 is 2.50 bits per heavy atom. The number of nitrogens with zero attached hydrogens (tertiary/aromatic N) is 2. The number of aliphatic imine (C=N–C) groups is 1. The Bertz CT molecular complexity index is 499. The molecule has 1 heterocycles. The fourth-order valence-electron chi connectivity index (χ4n) is 2.59. The lowest BCUT2D eigenvalue weighted by Crippen LogP contribution is -2.40. The summed E-state index contributed by atoms with van der Waals surface area (Å²) in [4.78, 5) is 10.3. The Morgan fingerprint density at radius 2 is 1.96 bits per heavy atom. The van der Waals surface area contributed by atoms with Crippen LogP contribution in [0.1, 0.15) is 49.7 Å². The molecule has 1 unspecified atom stereocenters. The van der Waals surface area contributed by atoms with Gasteiger partial charge in [0.15, 0.2) is 5.96 Å². The van der Waals surface area contributed by atoms with Crippen LogP contribution >= 0.6 is 11.3 Å². The summed E-state index contributed by atoms with van der Waals surface area (Å²) in [6, 6.07) is 0. The lowest BCUT2D eigenvalue weighted by molar-refractivity contribution is 0.0258. The normalized spacial score (nSPS) is 13.4. The number of thiazole rings is 1. The monoisotopic (exact) mass is 354 g/mol. The molecule has 0 radical (unpaired) electrons. The number of ether oxygens (including phenoxy) is 1. The fourth-order valence-corrected chi connectivity index (χ4v) is 3.61. The maximum Gasteiger partial charge on any atom is 0.190 e. The zero-order valence-corrected chi connectivity index (χ0v) is 16.9. The summed E-state index contributed by atoms with van der Waals surface area (Å²) in [5.74, 6) is 1.38. The molecule has 0 bridgehead atoms. The number of nitrogens with one attached hydrogen (secondary N) is 2. The number of rotatable bonds is 10. The number of aromatic nitrogens is 1. The van der Waals surface area contributed by atoms with Crippen molar-refractivity contribution in [2.45, 2.75) is 60.0 Å². The first-order valence-electron chi connectivity index (χ1n) is 9.03. The van der Waals surface area contributed by atoms with Crippen molar-refractivity contribution in [1.82, 2.24) is 15.6 Å². The highest BCUT2D eigenvalue weighted by Crippen LogP contribution is 2.17. The molecular weight excluding hydrogens is 320 g/mol. The predicted molar refractivity (Wildman–Crippen MR) is 104 cm³/mol. The maximum atomic E-state index is 5.77. The first kappa shape index (κ1) is 20.9. The summed E-state index contributed by atoms with van der Waals surface area (Å²) in [5, 5.41) is 7.93. The first-order chi connectivity index (χ1) is 11.5. The highest BCUT2D eigenvalue weighted by atomic mass is 32.1. The van der Waals surface area contributed by atoms with E-state index in [1.807, 2.05) is 6.92 Å². The van der Waals surface area contributed by atoms with Crippen LogP contribution < -0.4 is 10.6 Å². The van der Waals surface area contributed by atoms with Gasteiger partial charge >= 0.3 is 0 Å². The number of guanidine groups is 1. The molecule has 2 N–H and O–H groups in total. The van der Waals surface area contributed by atoms with Crippen molar-refractivity contribution in [3.05, 3.63) is 15.6 Å². The van der Waals surface area contributed by atoms with Crippen LogP contribution in [0.5, 0.6) is 0 Å². The van der Waals surface area contributed by atoms with Gasteiger partial charge in [-0.1, -0.05) is 20.8 Å². The fraction of sp³-hybridized carbons (Fsp3) is 0.778. The van der Waals surface area contributed by atoms with Crippen molar-refractivity contribution in [3.8, 4) is 0 Å². The molecule has 0 saturated carbocycles. The summed E-state index contributed by atoms with van der Waals surface area (Å²) in [7, 11) is 1.81. The van der Waals surface area contributed by atoms with Crippen molar-refractivity contribution in [3.63, 3.8) is 0 Å². The molecule has 0 spiro atoms. The van der Waals surface area contributed by atoms with Crippen LogP contribution in [0.3, 0.4) is 0 Å². The third-order valence-electron chi connectivity index (χ3n) is 3.97. The molecule has 6 heteroatoms. The number of hydrogen-bond acceptors (Lipinski definition) is 4. The van der Waals surface area contributed by atoms with E-state index in [2.05, 4.69) is 48.3 Å². The summed E-state index contributed by atoms with van der Waals surface area (Å²) in [5.41, 5.74) is 1.23. The topological polar surface area (TPSA) is 58.5 Å². The SMILES string of the molecule is CCOC(CCNC(=NC)NCCc1nc(CC)c(C)s1)C(C)C. The van der Waals surface area contributed by atoms with Gasteiger partial charge in [0.2, 0.25) is 0 Å². The average Bonchev–Trinajstić information content (AvgIpc) is 2.92. The van der Waals surface area contributed by atoms with Gasteiger partial charge in [0.05, 0.1) is 16.8 Å². The first-order valence-corrected chi connectivity index (χ1v) is 9.84. The second-order valence-corrected chi connectivity index (χ2v) is 7.45. The summed E-state index contributed by atoms with van der Waals surface area (Å²) in [6.45, 7) is 13.2. The minimum absolute atomic E-state index is 0.298. The minimum Gasteiger partial charge on any atom is -0.378 e. The predicted octanol–water partition coefficient (Wildman–Crippen LogP) is 3.17. The molecule has 138 valence electrons. The molecule has 1 atom stereocenters. The van der Waals surface area contributed by atoms with Crippen LogP contribution in [0.4, 0.5) is 0 Å². The standard InChI is InChI=1S/C18H34N4OS/c1-7-15-14(5)24-17(22-15)10-12-21-18(19-6)20-11-9-16(13(3)4)23-8-2/h13,16H,7-12H2,1-6H3,(H2,19,20,21). The van der Waals surface area contributed by atoms with E-state index in [4.69, 9.17) is 4.74 Å². The third kappa shape index (κ3) is 7.18. The Kier molecular flexibility index (Phi) is 9.95. The van der Waals surface area contributed by atoms with E-state index in [1.165, 1.54) is 15.6 Å². The zero-order chi connectivity index (χ0) is 17.9. The number of hydrogen-bond donors (Lipinski definition) is 2. The van der Waals surface area contributed by atoms with Gasteiger partial charge in [-0.25, -0.2) is 4.98 Å². The molecule has 5 nitrogen and oxygen atoms in total. The Morgan fingerprint density at radius 1 is 1.25 bits per heavy atom. The van der Waals surface area contributed by atoms with Crippen LogP contribution in [0.15, 0.2) is 4.99 Å². The molecule has 1 aromatic rings. The quantitative estimate of drug-likeness (QED) is 0.500. The van der Waals surface area contributed by atoms with Crippen molar-refractivity contribution in [2.24, 2.45) is 10.9 Å². The lowest BCUT2D eigenvalue weighted by Gasteiger charge is -2.21. The smallest absolute Gasteiger partial charge is 0.190 e. The molecule has 1 rings (SSSR count). The van der Waals surface area contributed by atoms with Gasteiger partial charge in [-0.3, -0.25) is 4.99 Å². The third-order valence-corrected chi connectivity index (χ3v) is 5.05. The highest BCUT2D eigenvalue weighted by Gasteiger charge is 2.13. The second-order valence-electron chi connectivity index (χ2n) is 6.17. The van der Waals surface area contributed by atoms with Gasteiger partial charge in [-0.15, -0.1) is 11.3 Å². The second kappa shape index (κ2) is 11.4. The van der Waals surface area contributed by atoms with Crippen LogP contribution in [-0.2, 0) is 17.6 Å². The van der Waals surface area contributed by atoms with Crippen molar-refractivity contribution < 1.29 is 4.74 Å². The van der Waals surface area contributed by atoms with Gasteiger partial charge < -0.3 is 15.4 Å². The molecule has 0 aliphatic heterocycles. The van der Waals surface area contributed by atoms with Gasteiger partial charge in [-0.2, -0.15) is 0 Å². The minimum atomic E-state index is 0.298. The Balaban J connectivity index is 2.32. The summed E-state index contributed by atoms with van der Waals surface area (Å²) >= 11 is 1.80. The van der Waals surface area contributed by atoms with E-state index in [0.29, 0.717) is 12.0 Å². The van der Waals surface area contributed by atoms with E-state index >= 15 is 0 Å². The molecule has 0 amide bonds. The molecule has 0 saturated heterocycles. The van der Waals surface area contributed by atoms with Crippen molar-refractivity contribution in [1.29, 1.82) is 0 Å². The largest absolute Gasteiger partial charge is 0.378 e. The van der Waals surface area contributed by atoms with Crippen LogP contribution in [0, 0.1) is 12.8 Å². The van der Waals surface area contributed by atoms with Crippen molar-refractivity contribution in [2.75, 3.05) is 26.7 Å². The average molecular weight is 355 g/mol. The summed E-state index contributed by atoms with van der Waals surface area (Å²) in [6.07, 6.45) is 3.22. The molecule has 0 aliphatic carbocycles. The van der Waals surface area contributed by atoms with Gasteiger partial charge in [0.1, 0.15) is 0 Å². The van der Waals surface area contributed by atoms with Crippen LogP contribution in [0.2, 0.25) is 0 Å². The zero-order valence-electron chi connectivity index (χ0n) is 16.1.